The minimum Gasteiger partial charge on any atom is -0.493 e. The van der Waals surface area contributed by atoms with Crippen LogP contribution in [0.25, 0.3) is 0 Å². The van der Waals surface area contributed by atoms with Crippen molar-refractivity contribution in [3.8, 4) is 11.5 Å². The Morgan fingerprint density at radius 1 is 0.967 bits per heavy atom. The Balaban J connectivity index is 1.49. The van der Waals surface area contributed by atoms with Crippen molar-refractivity contribution in [3.05, 3.63) is 54.1 Å². The van der Waals surface area contributed by atoms with Crippen molar-refractivity contribution in [2.45, 2.75) is 10.8 Å². The number of anilines is 2. The molecule has 0 atom stereocenters. The molecule has 0 saturated carbocycles. The summed E-state index contributed by atoms with van der Waals surface area (Å²) in [6, 6.07) is 14.5. The number of methoxy groups -OCH3 is 2. The molecule has 0 fully saturated rings. The van der Waals surface area contributed by atoms with E-state index in [0.717, 1.165) is 11.3 Å². The molecule has 2 amide bonds. The summed E-state index contributed by atoms with van der Waals surface area (Å²) < 4.78 is 11.0. The predicted octanol–water partition coefficient (Wildman–Crippen LogP) is 3.47. The molecule has 0 saturated heterocycles. The first-order chi connectivity index (χ1) is 14.6. The number of hydrogen-bond acceptors (Lipinski definition) is 8. The number of thioether (sulfide) groups is 1. The first kappa shape index (κ1) is 21.6. The van der Waals surface area contributed by atoms with Crippen LogP contribution in [0.4, 0.5) is 10.8 Å². The van der Waals surface area contributed by atoms with Crippen molar-refractivity contribution in [1.82, 2.24) is 10.2 Å². The van der Waals surface area contributed by atoms with Crippen LogP contribution in [0, 0.1) is 0 Å². The van der Waals surface area contributed by atoms with Gasteiger partial charge in [-0.15, -0.1) is 10.2 Å². The van der Waals surface area contributed by atoms with Crippen LogP contribution in [0.1, 0.15) is 5.56 Å². The summed E-state index contributed by atoms with van der Waals surface area (Å²) in [4.78, 5) is 24.3. The van der Waals surface area contributed by atoms with Crippen LogP contribution >= 0.6 is 23.1 Å². The normalized spacial score (nSPS) is 10.3. The van der Waals surface area contributed by atoms with Crippen molar-refractivity contribution >= 4 is 45.7 Å². The Morgan fingerprint density at radius 2 is 1.73 bits per heavy atom. The van der Waals surface area contributed by atoms with Gasteiger partial charge in [-0.05, 0) is 29.8 Å². The van der Waals surface area contributed by atoms with Crippen molar-refractivity contribution in [2.24, 2.45) is 0 Å². The second-order valence-electron chi connectivity index (χ2n) is 5.99. The maximum absolute atomic E-state index is 12.3. The van der Waals surface area contributed by atoms with E-state index in [-0.39, 0.29) is 24.0 Å². The van der Waals surface area contributed by atoms with Gasteiger partial charge < -0.3 is 20.1 Å². The quantitative estimate of drug-likeness (QED) is 0.385. The summed E-state index contributed by atoms with van der Waals surface area (Å²) in [5.74, 6) is 0.996. The molecule has 2 aromatic carbocycles. The second-order valence-corrected chi connectivity index (χ2v) is 8.19. The third-order valence-electron chi connectivity index (χ3n) is 3.85. The van der Waals surface area contributed by atoms with Gasteiger partial charge in [-0.25, -0.2) is 0 Å². The van der Waals surface area contributed by atoms with Gasteiger partial charge >= 0.3 is 0 Å². The smallest absolute Gasteiger partial charge is 0.234 e. The highest BCUT2D eigenvalue weighted by Crippen LogP contribution is 2.28. The molecule has 1 heterocycles. The van der Waals surface area contributed by atoms with Gasteiger partial charge in [-0.3, -0.25) is 9.59 Å². The van der Waals surface area contributed by atoms with E-state index in [2.05, 4.69) is 20.8 Å². The average molecular weight is 445 g/mol. The third kappa shape index (κ3) is 6.19. The standard InChI is InChI=1S/C20H20N4O4S2/c1-27-15-9-8-13(10-16(15)28-2)11-17(25)22-19-23-24-20(30-19)29-12-18(26)21-14-6-4-3-5-7-14/h3-10H,11-12H2,1-2H3,(H,21,26)(H,22,23,25). The molecular formula is C20H20N4O4S2. The number of hydrogen-bond donors (Lipinski definition) is 2. The Kier molecular flexibility index (Phi) is 7.63. The summed E-state index contributed by atoms with van der Waals surface area (Å²) in [5.41, 5.74) is 1.52. The van der Waals surface area contributed by atoms with Gasteiger partial charge in [-0.2, -0.15) is 0 Å². The first-order valence-electron chi connectivity index (χ1n) is 8.89. The number of benzene rings is 2. The zero-order valence-corrected chi connectivity index (χ0v) is 18.0. The monoisotopic (exact) mass is 444 g/mol. The maximum Gasteiger partial charge on any atom is 0.234 e. The third-order valence-corrected chi connectivity index (χ3v) is 5.82. The van der Waals surface area contributed by atoms with Crippen molar-refractivity contribution in [1.29, 1.82) is 0 Å². The van der Waals surface area contributed by atoms with Gasteiger partial charge in [0.15, 0.2) is 15.8 Å². The van der Waals surface area contributed by atoms with Gasteiger partial charge in [0.25, 0.3) is 0 Å². The summed E-state index contributed by atoms with van der Waals surface area (Å²) in [6.07, 6.45) is 0.155. The van der Waals surface area contributed by atoms with Crippen molar-refractivity contribution < 1.29 is 19.1 Å². The highest BCUT2D eigenvalue weighted by molar-refractivity contribution is 8.01. The number of carbonyl (C=O) groups excluding carboxylic acids is 2. The van der Waals surface area contributed by atoms with Crippen molar-refractivity contribution in [2.75, 3.05) is 30.6 Å². The molecule has 0 radical (unpaired) electrons. The van der Waals surface area contributed by atoms with Gasteiger partial charge in [0.1, 0.15) is 0 Å². The molecular weight excluding hydrogens is 424 g/mol. The Morgan fingerprint density at radius 3 is 2.47 bits per heavy atom. The van der Waals surface area contributed by atoms with E-state index in [1.54, 1.807) is 32.4 Å². The lowest BCUT2D eigenvalue weighted by Crippen LogP contribution is -2.14. The maximum atomic E-state index is 12.3. The molecule has 3 rings (SSSR count). The SMILES string of the molecule is COc1ccc(CC(=O)Nc2nnc(SCC(=O)Nc3ccccc3)s2)cc1OC. The molecule has 10 heteroatoms. The molecule has 1 aromatic heterocycles. The van der Waals surface area contributed by atoms with Crippen LogP contribution in [0.3, 0.4) is 0 Å². The minimum absolute atomic E-state index is 0.138. The van der Waals surface area contributed by atoms with E-state index in [1.165, 1.54) is 23.1 Å². The van der Waals surface area contributed by atoms with Crippen LogP contribution in [-0.4, -0.2) is 42.0 Å². The lowest BCUT2D eigenvalue weighted by molar-refractivity contribution is -0.115. The Labute approximate surface area is 182 Å². The Bertz CT molecular complexity index is 1010. The fourth-order valence-corrected chi connectivity index (χ4v) is 4.07. The highest BCUT2D eigenvalue weighted by Gasteiger charge is 2.12. The van der Waals surface area contributed by atoms with Crippen LogP contribution in [-0.2, 0) is 16.0 Å². The second kappa shape index (κ2) is 10.6. The van der Waals surface area contributed by atoms with Gasteiger partial charge in [0.05, 0.1) is 26.4 Å². The summed E-state index contributed by atoms with van der Waals surface area (Å²) in [7, 11) is 3.10. The largest absolute Gasteiger partial charge is 0.493 e. The Hall–Kier alpha value is -3.11. The summed E-state index contributed by atoms with van der Waals surface area (Å²) in [6.45, 7) is 0. The topological polar surface area (TPSA) is 102 Å². The van der Waals surface area contributed by atoms with Gasteiger partial charge in [-0.1, -0.05) is 47.4 Å². The number of amides is 2. The molecule has 156 valence electrons. The van der Waals surface area contributed by atoms with E-state index < -0.39 is 0 Å². The molecule has 0 spiro atoms. The molecule has 3 aromatic rings. The van der Waals surface area contributed by atoms with E-state index in [0.29, 0.717) is 21.0 Å². The van der Waals surface area contributed by atoms with E-state index in [9.17, 15) is 9.59 Å². The zero-order chi connectivity index (χ0) is 21.3. The summed E-state index contributed by atoms with van der Waals surface area (Å²) in [5, 5.41) is 13.9. The minimum atomic E-state index is -0.225. The number of carbonyl (C=O) groups is 2. The molecule has 0 bridgehead atoms. The highest BCUT2D eigenvalue weighted by atomic mass is 32.2. The lowest BCUT2D eigenvalue weighted by atomic mass is 10.1. The van der Waals surface area contributed by atoms with Crippen LogP contribution in [0.5, 0.6) is 11.5 Å². The van der Waals surface area contributed by atoms with Gasteiger partial charge in [0.2, 0.25) is 16.9 Å². The van der Waals surface area contributed by atoms with Crippen LogP contribution in [0.2, 0.25) is 0 Å². The zero-order valence-electron chi connectivity index (χ0n) is 16.4. The van der Waals surface area contributed by atoms with E-state index >= 15 is 0 Å². The fourth-order valence-electron chi connectivity index (χ4n) is 2.50. The van der Waals surface area contributed by atoms with Crippen LogP contribution < -0.4 is 20.1 Å². The van der Waals surface area contributed by atoms with Crippen LogP contribution in [0.15, 0.2) is 52.9 Å². The fraction of sp³-hybridized carbons (Fsp3) is 0.200. The predicted molar refractivity (Wildman–Crippen MR) is 118 cm³/mol. The number of aromatic nitrogens is 2. The molecule has 8 nitrogen and oxygen atoms in total. The average Bonchev–Trinajstić information content (AvgIpc) is 3.20. The van der Waals surface area contributed by atoms with E-state index in [4.69, 9.17) is 9.47 Å². The number of nitrogens with one attached hydrogen (secondary N) is 2. The van der Waals surface area contributed by atoms with Gasteiger partial charge in [0, 0.05) is 5.69 Å². The molecule has 30 heavy (non-hydrogen) atoms. The number of ether oxygens (including phenoxy) is 2. The molecule has 0 unspecified atom stereocenters. The molecule has 0 aliphatic rings. The lowest BCUT2D eigenvalue weighted by Gasteiger charge is -2.09. The number of para-hydroxylation sites is 1. The molecule has 0 aliphatic carbocycles. The first-order valence-corrected chi connectivity index (χ1v) is 10.7. The summed E-state index contributed by atoms with van der Waals surface area (Å²) >= 11 is 2.48. The molecule has 2 N–H and O–H groups in total. The number of nitrogens with zero attached hydrogens (tertiary/aromatic N) is 2. The van der Waals surface area contributed by atoms with E-state index in [1.807, 2.05) is 30.3 Å². The number of rotatable bonds is 9. The van der Waals surface area contributed by atoms with Crippen molar-refractivity contribution in [3.63, 3.8) is 0 Å². The molecule has 0 aliphatic heterocycles.